The highest BCUT2D eigenvalue weighted by Gasteiger charge is 2.36. The van der Waals surface area contributed by atoms with Gasteiger partial charge < -0.3 is 9.32 Å². The van der Waals surface area contributed by atoms with Gasteiger partial charge in [-0.15, -0.1) is 0 Å². The molecule has 0 radical (unpaired) electrons. The molecule has 0 saturated carbocycles. The van der Waals surface area contributed by atoms with E-state index < -0.39 is 0 Å². The number of fused-ring (bicyclic) bond motifs is 6. The molecule has 1 heterocycles. The molecule has 0 aliphatic heterocycles. The smallest absolute Gasteiger partial charge is 0.135 e. The van der Waals surface area contributed by atoms with Crippen LogP contribution in [0.3, 0.4) is 0 Å². The Bertz CT molecular complexity index is 3530. The first-order valence-corrected chi connectivity index (χ1v) is 22.5. The van der Waals surface area contributed by atoms with Crippen molar-refractivity contribution in [2.45, 2.75) is 19.3 Å². The summed E-state index contributed by atoms with van der Waals surface area (Å²) in [6.45, 7) is 4.74. The normalized spacial score (nSPS) is 12.6. The van der Waals surface area contributed by atoms with E-state index in [1.165, 1.54) is 77.9 Å². The summed E-state index contributed by atoms with van der Waals surface area (Å²) in [4.78, 5) is 2.40. The third kappa shape index (κ3) is 6.83. The van der Waals surface area contributed by atoms with Crippen molar-refractivity contribution in [2.75, 3.05) is 4.90 Å². The van der Waals surface area contributed by atoms with Crippen LogP contribution < -0.4 is 4.90 Å². The zero-order valence-corrected chi connectivity index (χ0v) is 36.4. The molecular weight excluding hydrogens is 787 g/mol. The minimum Gasteiger partial charge on any atom is -0.456 e. The van der Waals surface area contributed by atoms with Crippen molar-refractivity contribution in [3.05, 3.63) is 248 Å². The Morgan fingerprint density at radius 3 is 1.34 bits per heavy atom. The molecule has 0 saturated heterocycles. The maximum absolute atomic E-state index is 6.14. The second-order valence-electron chi connectivity index (χ2n) is 17.7. The topological polar surface area (TPSA) is 16.4 Å². The first-order chi connectivity index (χ1) is 31.9. The molecule has 1 aliphatic rings. The van der Waals surface area contributed by atoms with E-state index in [2.05, 4.69) is 243 Å². The van der Waals surface area contributed by atoms with E-state index in [4.69, 9.17) is 4.42 Å². The Kier molecular flexibility index (Phi) is 9.21. The lowest BCUT2D eigenvalue weighted by molar-refractivity contribution is 0.660. The summed E-state index contributed by atoms with van der Waals surface area (Å²) >= 11 is 0. The summed E-state index contributed by atoms with van der Waals surface area (Å²) in [7, 11) is 0. The average Bonchev–Trinajstić information content (AvgIpc) is 3.85. The Morgan fingerprint density at radius 1 is 0.292 bits per heavy atom. The fraction of sp³-hybridized carbons (Fsp3) is 0.0476. The summed E-state index contributed by atoms with van der Waals surface area (Å²) in [6, 6.07) is 85.9. The second-order valence-corrected chi connectivity index (χ2v) is 17.7. The molecule has 0 atom stereocenters. The Hall–Kier alpha value is -8.20. The number of nitrogens with zero attached hydrogens (tertiary/aromatic N) is 1. The molecule has 2 heteroatoms. The number of para-hydroxylation sites is 1. The van der Waals surface area contributed by atoms with E-state index in [-0.39, 0.29) is 5.41 Å². The summed E-state index contributed by atoms with van der Waals surface area (Å²) in [5.74, 6) is 0. The summed E-state index contributed by atoms with van der Waals surface area (Å²) in [6.07, 6.45) is 0. The van der Waals surface area contributed by atoms with E-state index in [1.54, 1.807) is 0 Å². The standard InChI is InChI=1S/C63H45NO/c1-63(2)59-40-51(43-14-7-4-8-15-43)28-35-55(59)56-36-34-54(41-60(56)63)64(52-30-24-46(25-31-52)45-22-20-44(21-23-45)42-12-5-3-6-13-42)53-32-26-47(27-33-53)48-16-11-17-49(38-48)50-29-37-62-58(39-50)57-18-9-10-19-61(57)65-62/h3-41H,1-2H3. The number of hydrogen-bond acceptors (Lipinski definition) is 2. The maximum atomic E-state index is 6.14. The van der Waals surface area contributed by atoms with Crippen molar-refractivity contribution < 1.29 is 4.42 Å². The van der Waals surface area contributed by atoms with Crippen molar-refractivity contribution in [1.82, 2.24) is 0 Å². The third-order valence-electron chi connectivity index (χ3n) is 13.5. The molecule has 1 aliphatic carbocycles. The Balaban J connectivity index is 0.906. The van der Waals surface area contributed by atoms with Crippen LogP contribution >= 0.6 is 0 Å². The van der Waals surface area contributed by atoms with Gasteiger partial charge in [0.1, 0.15) is 11.2 Å². The minimum atomic E-state index is -0.184. The monoisotopic (exact) mass is 831 g/mol. The largest absolute Gasteiger partial charge is 0.456 e. The highest BCUT2D eigenvalue weighted by Crippen LogP contribution is 2.52. The van der Waals surface area contributed by atoms with Crippen molar-refractivity contribution in [1.29, 1.82) is 0 Å². The molecule has 2 nitrogen and oxygen atoms in total. The van der Waals surface area contributed by atoms with Crippen LogP contribution in [-0.2, 0) is 5.41 Å². The van der Waals surface area contributed by atoms with Crippen molar-refractivity contribution in [2.24, 2.45) is 0 Å². The fourth-order valence-corrected chi connectivity index (χ4v) is 10.00. The molecule has 308 valence electrons. The van der Waals surface area contributed by atoms with E-state index in [0.717, 1.165) is 39.0 Å². The predicted octanol–water partition coefficient (Wildman–Crippen LogP) is 17.7. The summed E-state index contributed by atoms with van der Waals surface area (Å²) < 4.78 is 6.14. The second kappa shape index (κ2) is 15.6. The van der Waals surface area contributed by atoms with Gasteiger partial charge >= 0.3 is 0 Å². The van der Waals surface area contributed by atoms with Gasteiger partial charge in [-0.05, 0) is 145 Å². The SMILES string of the molecule is CC1(C)c2cc(-c3ccccc3)ccc2-c2ccc(N(c3ccc(-c4ccc(-c5ccccc5)cc4)cc3)c3ccc(-c4cccc(-c5ccc6oc7ccccc7c6c5)c4)cc3)cc21. The molecule has 0 fully saturated rings. The lowest BCUT2D eigenvalue weighted by Gasteiger charge is -2.28. The lowest BCUT2D eigenvalue weighted by Crippen LogP contribution is -2.16. The van der Waals surface area contributed by atoms with Gasteiger partial charge in [0.2, 0.25) is 0 Å². The molecule has 0 N–H and O–H groups in total. The first kappa shape index (κ1) is 38.5. The molecule has 0 bridgehead atoms. The highest BCUT2D eigenvalue weighted by molar-refractivity contribution is 6.06. The molecule has 65 heavy (non-hydrogen) atoms. The first-order valence-electron chi connectivity index (χ1n) is 22.5. The molecule has 11 aromatic rings. The van der Waals surface area contributed by atoms with Crippen LogP contribution in [0.25, 0.3) is 88.7 Å². The van der Waals surface area contributed by atoms with Crippen molar-refractivity contribution >= 4 is 39.0 Å². The molecule has 0 spiro atoms. The number of furan rings is 1. The number of anilines is 3. The number of rotatable bonds is 8. The van der Waals surface area contributed by atoms with Gasteiger partial charge in [0.05, 0.1) is 0 Å². The van der Waals surface area contributed by atoms with Gasteiger partial charge in [-0.25, -0.2) is 0 Å². The van der Waals surface area contributed by atoms with Gasteiger partial charge in [-0.2, -0.15) is 0 Å². The maximum Gasteiger partial charge on any atom is 0.135 e. The third-order valence-corrected chi connectivity index (χ3v) is 13.5. The van der Waals surface area contributed by atoms with Crippen LogP contribution in [0.15, 0.2) is 241 Å². The Morgan fingerprint density at radius 2 is 0.692 bits per heavy atom. The minimum absolute atomic E-state index is 0.184. The number of hydrogen-bond donors (Lipinski definition) is 0. The van der Waals surface area contributed by atoms with Gasteiger partial charge in [0.25, 0.3) is 0 Å². The van der Waals surface area contributed by atoms with Crippen molar-refractivity contribution in [3.63, 3.8) is 0 Å². The number of benzene rings is 10. The molecule has 0 unspecified atom stereocenters. The van der Waals surface area contributed by atoms with Crippen LogP contribution in [0.1, 0.15) is 25.0 Å². The van der Waals surface area contributed by atoms with Gasteiger partial charge in [0, 0.05) is 33.2 Å². The van der Waals surface area contributed by atoms with E-state index in [9.17, 15) is 0 Å². The molecule has 12 rings (SSSR count). The van der Waals surface area contributed by atoms with Crippen LogP contribution in [-0.4, -0.2) is 0 Å². The lowest BCUT2D eigenvalue weighted by atomic mass is 9.81. The summed E-state index contributed by atoms with van der Waals surface area (Å²) in [5.41, 5.74) is 22.3. The zero-order chi connectivity index (χ0) is 43.5. The fourth-order valence-electron chi connectivity index (χ4n) is 10.00. The summed E-state index contributed by atoms with van der Waals surface area (Å²) in [5, 5.41) is 2.28. The van der Waals surface area contributed by atoms with Crippen LogP contribution in [0.4, 0.5) is 17.1 Å². The quantitative estimate of drug-likeness (QED) is 0.152. The molecular formula is C63H45NO. The van der Waals surface area contributed by atoms with Crippen LogP contribution in [0, 0.1) is 0 Å². The Labute approximate surface area is 380 Å². The molecule has 10 aromatic carbocycles. The zero-order valence-electron chi connectivity index (χ0n) is 36.4. The van der Waals surface area contributed by atoms with Crippen molar-refractivity contribution in [3.8, 4) is 66.8 Å². The van der Waals surface area contributed by atoms with Crippen LogP contribution in [0.2, 0.25) is 0 Å². The molecule has 0 amide bonds. The van der Waals surface area contributed by atoms with E-state index in [0.29, 0.717) is 0 Å². The molecule has 1 aromatic heterocycles. The van der Waals surface area contributed by atoms with E-state index in [1.807, 2.05) is 12.1 Å². The van der Waals surface area contributed by atoms with Gasteiger partial charge in [-0.1, -0.05) is 184 Å². The van der Waals surface area contributed by atoms with E-state index >= 15 is 0 Å². The van der Waals surface area contributed by atoms with Gasteiger partial charge in [0.15, 0.2) is 0 Å². The predicted molar refractivity (Wildman–Crippen MR) is 273 cm³/mol. The average molecular weight is 832 g/mol. The van der Waals surface area contributed by atoms with Gasteiger partial charge in [-0.3, -0.25) is 0 Å². The highest BCUT2D eigenvalue weighted by atomic mass is 16.3. The van der Waals surface area contributed by atoms with Crippen LogP contribution in [0.5, 0.6) is 0 Å².